The average Bonchev–Trinajstić information content (AvgIpc) is 2.28. The number of unbranched alkanes of at least 4 members (excludes halogenated alkanes) is 1. The van der Waals surface area contributed by atoms with Crippen molar-refractivity contribution in [2.75, 3.05) is 12.3 Å². The number of hydrogen-bond donors (Lipinski definition) is 2. The molecule has 0 aliphatic rings. The minimum Gasteiger partial charge on any atom is -0.399 e. The maximum atomic E-state index is 11.5. The molecule has 0 aromatic heterocycles. The smallest absolute Gasteiger partial charge is 0.224 e. The number of nitrogens with one attached hydrogen (secondary N) is 1. The molecule has 1 aromatic carbocycles. The summed E-state index contributed by atoms with van der Waals surface area (Å²) in [6, 6.07) is 7.30. The Morgan fingerprint density at radius 2 is 2.06 bits per heavy atom. The Bertz CT molecular complexity index is 376. The largest absolute Gasteiger partial charge is 0.399 e. The number of nitrogen functional groups attached to an aromatic ring is 1. The summed E-state index contributed by atoms with van der Waals surface area (Å²) in [7, 11) is 0. The lowest BCUT2D eigenvalue weighted by Gasteiger charge is -2.04. The Hall–Kier alpha value is -1.95. The first-order valence-corrected chi connectivity index (χ1v) is 5.27. The molecule has 3 N–H and O–H groups in total. The van der Waals surface area contributed by atoms with Crippen molar-refractivity contribution in [2.45, 2.75) is 19.3 Å². The number of hydrogen-bond acceptors (Lipinski definition) is 2. The van der Waals surface area contributed by atoms with Gasteiger partial charge < -0.3 is 11.1 Å². The van der Waals surface area contributed by atoms with Gasteiger partial charge in [0, 0.05) is 18.7 Å². The summed E-state index contributed by atoms with van der Waals surface area (Å²) >= 11 is 0. The van der Waals surface area contributed by atoms with Crippen LogP contribution in [-0.2, 0) is 11.2 Å². The Morgan fingerprint density at radius 3 is 2.69 bits per heavy atom. The molecular formula is C13H16N2O. The summed E-state index contributed by atoms with van der Waals surface area (Å²) in [5, 5.41) is 2.81. The zero-order valence-corrected chi connectivity index (χ0v) is 9.20. The van der Waals surface area contributed by atoms with Crippen LogP contribution in [0.4, 0.5) is 5.69 Å². The average molecular weight is 216 g/mol. The van der Waals surface area contributed by atoms with Gasteiger partial charge in [-0.3, -0.25) is 4.79 Å². The van der Waals surface area contributed by atoms with Gasteiger partial charge in [0.15, 0.2) is 0 Å². The van der Waals surface area contributed by atoms with E-state index in [0.29, 0.717) is 25.1 Å². The predicted molar refractivity (Wildman–Crippen MR) is 65.6 cm³/mol. The highest BCUT2D eigenvalue weighted by Crippen LogP contribution is 2.05. The fourth-order valence-electron chi connectivity index (χ4n) is 1.30. The molecule has 1 aromatic rings. The van der Waals surface area contributed by atoms with Crippen molar-refractivity contribution in [3.05, 3.63) is 29.8 Å². The number of amides is 1. The van der Waals surface area contributed by atoms with E-state index in [1.165, 1.54) is 0 Å². The number of nitrogens with two attached hydrogens (primary N) is 1. The number of rotatable bonds is 5. The SMILES string of the molecule is C#CCCCNC(=O)Cc1ccc(N)cc1. The van der Waals surface area contributed by atoms with Gasteiger partial charge in [-0.25, -0.2) is 0 Å². The zero-order chi connectivity index (χ0) is 11.8. The summed E-state index contributed by atoms with van der Waals surface area (Å²) in [6.45, 7) is 0.637. The van der Waals surface area contributed by atoms with Crippen molar-refractivity contribution in [3.8, 4) is 12.3 Å². The number of benzene rings is 1. The quantitative estimate of drug-likeness (QED) is 0.443. The van der Waals surface area contributed by atoms with Crippen molar-refractivity contribution >= 4 is 11.6 Å². The molecule has 0 fully saturated rings. The van der Waals surface area contributed by atoms with Gasteiger partial charge in [0.25, 0.3) is 0 Å². The van der Waals surface area contributed by atoms with E-state index in [2.05, 4.69) is 11.2 Å². The van der Waals surface area contributed by atoms with Crippen molar-refractivity contribution in [3.63, 3.8) is 0 Å². The first-order valence-electron chi connectivity index (χ1n) is 5.27. The molecule has 0 bridgehead atoms. The van der Waals surface area contributed by atoms with Crippen LogP contribution >= 0.6 is 0 Å². The van der Waals surface area contributed by atoms with Crippen molar-refractivity contribution in [1.82, 2.24) is 5.32 Å². The van der Waals surface area contributed by atoms with Gasteiger partial charge in [-0.1, -0.05) is 12.1 Å². The van der Waals surface area contributed by atoms with Crippen LogP contribution in [0.3, 0.4) is 0 Å². The molecule has 3 nitrogen and oxygen atoms in total. The molecule has 0 aliphatic carbocycles. The number of terminal acetylenes is 1. The number of anilines is 1. The normalized spacial score (nSPS) is 9.44. The fraction of sp³-hybridized carbons (Fsp3) is 0.308. The molecule has 0 atom stereocenters. The monoisotopic (exact) mass is 216 g/mol. The second-order valence-corrected chi connectivity index (χ2v) is 3.58. The molecule has 16 heavy (non-hydrogen) atoms. The molecule has 0 radical (unpaired) electrons. The molecule has 1 amide bonds. The Labute approximate surface area is 96.0 Å². The summed E-state index contributed by atoms with van der Waals surface area (Å²) in [4.78, 5) is 11.5. The van der Waals surface area contributed by atoms with Crippen molar-refractivity contribution < 1.29 is 4.79 Å². The van der Waals surface area contributed by atoms with E-state index >= 15 is 0 Å². The second kappa shape index (κ2) is 6.52. The van der Waals surface area contributed by atoms with Gasteiger partial charge in [0.05, 0.1) is 6.42 Å². The zero-order valence-electron chi connectivity index (χ0n) is 9.20. The maximum Gasteiger partial charge on any atom is 0.224 e. The highest BCUT2D eigenvalue weighted by atomic mass is 16.1. The summed E-state index contributed by atoms with van der Waals surface area (Å²) in [5.74, 6) is 2.55. The highest BCUT2D eigenvalue weighted by Gasteiger charge is 2.01. The van der Waals surface area contributed by atoms with E-state index in [9.17, 15) is 4.79 Å². The van der Waals surface area contributed by atoms with E-state index in [-0.39, 0.29) is 5.91 Å². The molecule has 3 heteroatoms. The Balaban J connectivity index is 2.29. The minimum absolute atomic E-state index is 0.0155. The number of carbonyl (C=O) groups is 1. The van der Waals surface area contributed by atoms with Gasteiger partial charge in [0.1, 0.15) is 0 Å². The van der Waals surface area contributed by atoms with Crippen LogP contribution in [0.15, 0.2) is 24.3 Å². The van der Waals surface area contributed by atoms with Crippen LogP contribution in [0.1, 0.15) is 18.4 Å². The van der Waals surface area contributed by atoms with Crippen molar-refractivity contribution in [2.24, 2.45) is 0 Å². The third-order valence-electron chi connectivity index (χ3n) is 2.16. The fourth-order valence-corrected chi connectivity index (χ4v) is 1.30. The van der Waals surface area contributed by atoms with Gasteiger partial charge >= 0.3 is 0 Å². The molecular weight excluding hydrogens is 200 g/mol. The van der Waals surface area contributed by atoms with E-state index in [1.807, 2.05) is 12.1 Å². The molecule has 0 saturated carbocycles. The highest BCUT2D eigenvalue weighted by molar-refractivity contribution is 5.78. The van der Waals surface area contributed by atoms with E-state index in [0.717, 1.165) is 12.0 Å². The van der Waals surface area contributed by atoms with Crippen LogP contribution < -0.4 is 11.1 Å². The molecule has 0 aliphatic heterocycles. The van der Waals surface area contributed by atoms with Crippen LogP contribution in [0, 0.1) is 12.3 Å². The van der Waals surface area contributed by atoms with E-state index in [4.69, 9.17) is 12.2 Å². The van der Waals surface area contributed by atoms with E-state index < -0.39 is 0 Å². The number of carbonyl (C=O) groups excluding carboxylic acids is 1. The molecule has 84 valence electrons. The van der Waals surface area contributed by atoms with Gasteiger partial charge in [0.2, 0.25) is 5.91 Å². The Morgan fingerprint density at radius 1 is 1.38 bits per heavy atom. The second-order valence-electron chi connectivity index (χ2n) is 3.58. The summed E-state index contributed by atoms with van der Waals surface area (Å²) in [5.41, 5.74) is 7.22. The summed E-state index contributed by atoms with van der Waals surface area (Å²) < 4.78 is 0. The summed E-state index contributed by atoms with van der Waals surface area (Å²) in [6.07, 6.45) is 7.01. The van der Waals surface area contributed by atoms with Gasteiger partial charge in [-0.05, 0) is 24.1 Å². The molecule has 1 rings (SSSR count). The lowest BCUT2D eigenvalue weighted by Crippen LogP contribution is -2.25. The lowest BCUT2D eigenvalue weighted by atomic mass is 10.1. The standard InChI is InChI=1S/C13H16N2O/c1-2-3-4-9-15-13(16)10-11-5-7-12(14)8-6-11/h1,5-8H,3-4,9-10,14H2,(H,15,16). The van der Waals surface area contributed by atoms with Crippen LogP contribution in [0.25, 0.3) is 0 Å². The predicted octanol–water partition coefficient (Wildman–Crippen LogP) is 1.34. The minimum atomic E-state index is 0.0155. The first-order chi connectivity index (χ1) is 7.72. The molecule has 0 spiro atoms. The van der Waals surface area contributed by atoms with Crippen LogP contribution in [-0.4, -0.2) is 12.5 Å². The lowest BCUT2D eigenvalue weighted by molar-refractivity contribution is -0.120. The van der Waals surface area contributed by atoms with Crippen molar-refractivity contribution in [1.29, 1.82) is 0 Å². The third kappa shape index (κ3) is 4.52. The molecule has 0 unspecified atom stereocenters. The molecule has 0 saturated heterocycles. The maximum absolute atomic E-state index is 11.5. The van der Waals surface area contributed by atoms with Gasteiger partial charge in [-0.2, -0.15) is 0 Å². The van der Waals surface area contributed by atoms with Gasteiger partial charge in [-0.15, -0.1) is 12.3 Å². The Kier molecular flexibility index (Phi) is 4.94. The van der Waals surface area contributed by atoms with Crippen LogP contribution in [0.2, 0.25) is 0 Å². The van der Waals surface area contributed by atoms with E-state index in [1.54, 1.807) is 12.1 Å². The first kappa shape index (κ1) is 12.1. The topological polar surface area (TPSA) is 55.1 Å². The van der Waals surface area contributed by atoms with Crippen LogP contribution in [0.5, 0.6) is 0 Å². The third-order valence-corrected chi connectivity index (χ3v) is 2.16. The molecule has 0 heterocycles.